The van der Waals surface area contributed by atoms with E-state index in [9.17, 15) is 0 Å². The maximum Gasteiger partial charge on any atom is 0.224 e. The molecule has 98 valence electrons. The molecule has 0 fully saturated rings. The van der Waals surface area contributed by atoms with Gasteiger partial charge >= 0.3 is 0 Å². The van der Waals surface area contributed by atoms with Gasteiger partial charge in [-0.05, 0) is 0 Å². The van der Waals surface area contributed by atoms with Crippen LogP contribution in [0.5, 0.6) is 0 Å². The number of nitrogens with two attached hydrogens (primary N) is 1. The summed E-state index contributed by atoms with van der Waals surface area (Å²) in [5.41, 5.74) is 7.44. The van der Waals surface area contributed by atoms with Gasteiger partial charge in [0, 0.05) is 32.4 Å². The molecule has 3 rings (SSSR count). The zero-order valence-electron chi connectivity index (χ0n) is 10.7. The molecule has 0 spiro atoms. The summed E-state index contributed by atoms with van der Waals surface area (Å²) >= 11 is 0. The van der Waals surface area contributed by atoms with Crippen LogP contribution in [0.15, 0.2) is 18.6 Å². The smallest absolute Gasteiger partial charge is 0.224 e. The monoisotopic (exact) mass is 258 g/mol. The van der Waals surface area contributed by atoms with Crippen LogP contribution in [0.4, 0.5) is 11.8 Å². The van der Waals surface area contributed by atoms with E-state index in [1.807, 2.05) is 31.4 Å². The van der Waals surface area contributed by atoms with Gasteiger partial charge in [0.05, 0.1) is 17.8 Å². The van der Waals surface area contributed by atoms with E-state index in [0.717, 1.165) is 16.8 Å². The number of aromatic amines is 1. The maximum absolute atomic E-state index is 5.71. The van der Waals surface area contributed by atoms with Gasteiger partial charge in [-0.1, -0.05) is 0 Å². The molecular weight excluding hydrogens is 244 g/mol. The van der Waals surface area contributed by atoms with Crippen LogP contribution < -0.4 is 10.6 Å². The molecule has 0 unspecified atom stereocenters. The number of nitrogen functional groups attached to an aromatic ring is 1. The van der Waals surface area contributed by atoms with Crippen molar-refractivity contribution in [3.05, 3.63) is 24.2 Å². The molecule has 3 N–H and O–H groups in total. The fourth-order valence-corrected chi connectivity index (χ4v) is 2.03. The van der Waals surface area contributed by atoms with Gasteiger partial charge in [-0.3, -0.25) is 9.78 Å². The summed E-state index contributed by atoms with van der Waals surface area (Å²) in [6.45, 7) is 0.685. The Morgan fingerprint density at radius 3 is 2.95 bits per heavy atom. The lowest BCUT2D eigenvalue weighted by atomic mass is 10.3. The van der Waals surface area contributed by atoms with Crippen molar-refractivity contribution in [2.45, 2.75) is 6.54 Å². The van der Waals surface area contributed by atoms with Gasteiger partial charge in [0.1, 0.15) is 5.82 Å². The zero-order valence-corrected chi connectivity index (χ0v) is 10.7. The number of hydrogen-bond acceptors (Lipinski definition) is 6. The van der Waals surface area contributed by atoms with E-state index >= 15 is 0 Å². The summed E-state index contributed by atoms with van der Waals surface area (Å²) in [6.07, 6.45) is 5.49. The van der Waals surface area contributed by atoms with Crippen molar-refractivity contribution in [1.82, 2.24) is 29.9 Å². The SMILES string of the molecule is CN(Cc1cnn(C)c1)c1nc(N)nc2[nH]ncc12. The second-order valence-corrected chi connectivity index (χ2v) is 4.42. The average molecular weight is 258 g/mol. The van der Waals surface area contributed by atoms with E-state index < -0.39 is 0 Å². The van der Waals surface area contributed by atoms with Gasteiger partial charge in [0.15, 0.2) is 5.65 Å². The van der Waals surface area contributed by atoms with Gasteiger partial charge in [0.25, 0.3) is 0 Å². The molecule has 3 aromatic rings. The molecule has 3 heterocycles. The van der Waals surface area contributed by atoms with Gasteiger partial charge in [-0.2, -0.15) is 20.2 Å². The third kappa shape index (κ3) is 2.07. The first-order valence-electron chi connectivity index (χ1n) is 5.79. The first-order valence-corrected chi connectivity index (χ1v) is 5.79. The van der Waals surface area contributed by atoms with Crippen LogP contribution in [0.2, 0.25) is 0 Å². The van der Waals surface area contributed by atoms with Crippen molar-refractivity contribution in [2.75, 3.05) is 17.7 Å². The number of aryl methyl sites for hydroxylation is 1. The number of aromatic nitrogens is 6. The molecular formula is C11H14N8. The Morgan fingerprint density at radius 2 is 2.21 bits per heavy atom. The van der Waals surface area contributed by atoms with E-state index in [0.29, 0.717) is 12.2 Å². The van der Waals surface area contributed by atoms with Crippen molar-refractivity contribution in [3.63, 3.8) is 0 Å². The molecule has 0 radical (unpaired) electrons. The highest BCUT2D eigenvalue weighted by molar-refractivity contribution is 5.87. The molecule has 19 heavy (non-hydrogen) atoms. The van der Waals surface area contributed by atoms with Crippen molar-refractivity contribution in [1.29, 1.82) is 0 Å². The highest BCUT2D eigenvalue weighted by Gasteiger charge is 2.13. The van der Waals surface area contributed by atoms with E-state index in [1.54, 1.807) is 10.9 Å². The van der Waals surface area contributed by atoms with Crippen molar-refractivity contribution in [3.8, 4) is 0 Å². The molecule has 3 aromatic heterocycles. The number of nitrogens with one attached hydrogen (secondary N) is 1. The van der Waals surface area contributed by atoms with Gasteiger partial charge in [0.2, 0.25) is 5.95 Å². The number of fused-ring (bicyclic) bond motifs is 1. The number of nitrogens with zero attached hydrogens (tertiary/aromatic N) is 6. The van der Waals surface area contributed by atoms with Crippen molar-refractivity contribution < 1.29 is 0 Å². The zero-order chi connectivity index (χ0) is 13.4. The molecule has 0 aromatic carbocycles. The number of rotatable bonds is 3. The highest BCUT2D eigenvalue weighted by atomic mass is 15.3. The molecule has 0 aliphatic rings. The largest absolute Gasteiger partial charge is 0.368 e. The summed E-state index contributed by atoms with van der Waals surface area (Å²) in [5, 5.41) is 11.8. The minimum Gasteiger partial charge on any atom is -0.368 e. The molecule has 8 heteroatoms. The third-order valence-corrected chi connectivity index (χ3v) is 2.85. The normalized spacial score (nSPS) is 11.1. The lowest BCUT2D eigenvalue weighted by molar-refractivity contribution is 0.766. The summed E-state index contributed by atoms with van der Waals surface area (Å²) in [5.74, 6) is 0.977. The number of anilines is 2. The lowest BCUT2D eigenvalue weighted by Gasteiger charge is -2.17. The third-order valence-electron chi connectivity index (χ3n) is 2.85. The second-order valence-electron chi connectivity index (χ2n) is 4.42. The van der Waals surface area contributed by atoms with Crippen LogP contribution in [0.25, 0.3) is 11.0 Å². The predicted molar refractivity (Wildman–Crippen MR) is 71.4 cm³/mol. The maximum atomic E-state index is 5.71. The molecule has 0 aliphatic carbocycles. The van der Waals surface area contributed by atoms with E-state index in [4.69, 9.17) is 5.73 Å². The second kappa shape index (κ2) is 4.23. The lowest BCUT2D eigenvalue weighted by Crippen LogP contribution is -2.18. The molecule has 0 amide bonds. The van der Waals surface area contributed by atoms with E-state index in [-0.39, 0.29) is 5.95 Å². The number of hydrogen-bond donors (Lipinski definition) is 2. The van der Waals surface area contributed by atoms with Crippen LogP contribution in [0.3, 0.4) is 0 Å². The Morgan fingerprint density at radius 1 is 1.37 bits per heavy atom. The Balaban J connectivity index is 1.96. The average Bonchev–Trinajstić information content (AvgIpc) is 2.96. The van der Waals surface area contributed by atoms with Crippen LogP contribution in [-0.4, -0.2) is 37.0 Å². The van der Waals surface area contributed by atoms with Crippen LogP contribution >= 0.6 is 0 Å². The predicted octanol–water partition coefficient (Wildman–Crippen LogP) is 0.305. The molecule has 0 saturated carbocycles. The number of H-pyrrole nitrogens is 1. The summed E-state index contributed by atoms with van der Waals surface area (Å²) in [6, 6.07) is 0. The topological polar surface area (TPSA) is 102 Å². The summed E-state index contributed by atoms with van der Waals surface area (Å²) in [4.78, 5) is 10.4. The summed E-state index contributed by atoms with van der Waals surface area (Å²) < 4.78 is 1.77. The molecule has 0 aliphatic heterocycles. The van der Waals surface area contributed by atoms with Gasteiger partial charge in [-0.15, -0.1) is 0 Å². The molecule has 0 bridgehead atoms. The Kier molecular flexibility index (Phi) is 2.55. The molecule has 0 saturated heterocycles. The van der Waals surface area contributed by atoms with E-state index in [1.165, 1.54) is 0 Å². The highest BCUT2D eigenvalue weighted by Crippen LogP contribution is 2.23. The van der Waals surface area contributed by atoms with Crippen LogP contribution in [0, 0.1) is 0 Å². The Labute approximate surface area is 109 Å². The minimum absolute atomic E-state index is 0.227. The standard InChI is InChI=1S/C11H14N8/c1-18(5-7-3-14-19(2)6-7)10-8-4-13-17-9(8)15-11(12)16-10/h3-4,6H,5H2,1-2H3,(H3,12,13,15,16,17). The fourth-order valence-electron chi connectivity index (χ4n) is 2.03. The Hall–Kier alpha value is -2.64. The van der Waals surface area contributed by atoms with E-state index in [2.05, 4.69) is 25.3 Å². The first-order chi connectivity index (χ1) is 9.13. The van der Waals surface area contributed by atoms with Crippen LogP contribution in [-0.2, 0) is 13.6 Å². The van der Waals surface area contributed by atoms with Crippen molar-refractivity contribution >= 4 is 22.8 Å². The fraction of sp³-hybridized carbons (Fsp3) is 0.273. The van der Waals surface area contributed by atoms with Gasteiger partial charge in [-0.25, -0.2) is 0 Å². The minimum atomic E-state index is 0.227. The first kappa shape index (κ1) is 11.5. The summed E-state index contributed by atoms with van der Waals surface area (Å²) in [7, 11) is 3.83. The quantitative estimate of drug-likeness (QED) is 0.700. The Bertz CT molecular complexity index is 712. The van der Waals surface area contributed by atoms with Crippen LogP contribution in [0.1, 0.15) is 5.56 Å². The van der Waals surface area contributed by atoms with Gasteiger partial charge < -0.3 is 10.6 Å². The van der Waals surface area contributed by atoms with Crippen molar-refractivity contribution in [2.24, 2.45) is 7.05 Å². The molecule has 8 nitrogen and oxygen atoms in total. The molecule has 0 atom stereocenters.